The normalized spacial score (nSPS) is 13.1. The van der Waals surface area contributed by atoms with E-state index in [0.717, 1.165) is 57.8 Å². The summed E-state index contributed by atoms with van der Waals surface area (Å²) in [5, 5.41) is 42.4. The summed E-state index contributed by atoms with van der Waals surface area (Å²) in [7, 11) is 0. The van der Waals surface area contributed by atoms with Crippen molar-refractivity contribution in [3.05, 3.63) is 0 Å². The van der Waals surface area contributed by atoms with E-state index in [-0.39, 0.29) is 81.2 Å². The summed E-state index contributed by atoms with van der Waals surface area (Å²) in [5.41, 5.74) is 0. The third-order valence-corrected chi connectivity index (χ3v) is 10.6. The summed E-state index contributed by atoms with van der Waals surface area (Å²) in [4.78, 5) is 107. The number of carbonyl (C=O) groups is 9. The molecule has 0 aromatic heterocycles. The molecule has 0 saturated heterocycles. The minimum Gasteiger partial charge on any atom is -0.481 e. The van der Waals surface area contributed by atoms with E-state index in [4.69, 9.17) is 5.11 Å². The van der Waals surface area contributed by atoms with Crippen molar-refractivity contribution in [3.63, 3.8) is 0 Å². The van der Waals surface area contributed by atoms with E-state index in [2.05, 4.69) is 10.6 Å². The van der Waals surface area contributed by atoms with Gasteiger partial charge in [-0.15, -0.1) is 0 Å². The number of unbranched alkanes of at least 4 members (excludes halogenated alkanes) is 14. The van der Waals surface area contributed by atoms with Gasteiger partial charge in [-0.3, -0.25) is 38.4 Å². The molecule has 0 aromatic carbocycles. The molecular weight excluding hydrogens is 752 g/mol. The predicted octanol–water partition coefficient (Wildman–Crippen LogP) is 7.05. The van der Waals surface area contributed by atoms with E-state index in [0.29, 0.717) is 25.8 Å². The van der Waals surface area contributed by atoms with Crippen LogP contribution in [0.5, 0.6) is 0 Å². The van der Waals surface area contributed by atoms with Gasteiger partial charge in [-0.1, -0.05) is 90.4 Å². The second-order valence-electron chi connectivity index (χ2n) is 15.8. The SMILES string of the molecule is CC(=O)[C@@H](C)CCCCNC(=O)CC[C@H](CC(=O)CC[C@H](NC(=O)CC[C@H](CC(=O)CCCCCCCCCCCCCCCCC(=O)O)C(=O)O)C(=O)O)C(=O)O. The average molecular weight is 825 g/mol. The number of amides is 2. The first-order chi connectivity index (χ1) is 27.5. The van der Waals surface area contributed by atoms with Gasteiger partial charge in [0.1, 0.15) is 23.4 Å². The smallest absolute Gasteiger partial charge is 0.326 e. The van der Waals surface area contributed by atoms with Crippen LogP contribution in [0.1, 0.15) is 187 Å². The lowest BCUT2D eigenvalue weighted by Crippen LogP contribution is -2.41. The zero-order valence-corrected chi connectivity index (χ0v) is 35.1. The molecule has 332 valence electrons. The van der Waals surface area contributed by atoms with Crippen molar-refractivity contribution >= 4 is 53.0 Å². The highest BCUT2D eigenvalue weighted by atomic mass is 16.4. The summed E-state index contributed by atoms with van der Waals surface area (Å²) < 4.78 is 0. The lowest BCUT2D eigenvalue weighted by molar-refractivity contribution is -0.145. The average Bonchev–Trinajstić information content (AvgIpc) is 3.15. The lowest BCUT2D eigenvalue weighted by Gasteiger charge is -2.16. The zero-order chi connectivity index (χ0) is 43.7. The minimum absolute atomic E-state index is 0.0485. The van der Waals surface area contributed by atoms with Crippen LogP contribution in [0, 0.1) is 17.8 Å². The largest absolute Gasteiger partial charge is 0.481 e. The van der Waals surface area contributed by atoms with Crippen molar-refractivity contribution < 1.29 is 63.6 Å². The summed E-state index contributed by atoms with van der Waals surface area (Å²) >= 11 is 0. The van der Waals surface area contributed by atoms with Crippen molar-refractivity contribution in [2.45, 2.75) is 193 Å². The maximum absolute atomic E-state index is 12.6. The Morgan fingerprint density at radius 3 is 1.31 bits per heavy atom. The van der Waals surface area contributed by atoms with Crippen LogP contribution in [0.2, 0.25) is 0 Å². The molecule has 0 aliphatic heterocycles. The van der Waals surface area contributed by atoms with E-state index in [1.807, 2.05) is 6.92 Å². The molecule has 4 atom stereocenters. The van der Waals surface area contributed by atoms with E-state index < -0.39 is 59.9 Å². The van der Waals surface area contributed by atoms with E-state index in [1.54, 1.807) is 0 Å². The minimum atomic E-state index is -1.46. The molecular formula is C43H72N2O13. The fourth-order valence-corrected chi connectivity index (χ4v) is 6.63. The molecule has 58 heavy (non-hydrogen) atoms. The Kier molecular flexibility index (Phi) is 31.3. The van der Waals surface area contributed by atoms with Gasteiger partial charge in [-0.25, -0.2) is 4.79 Å². The number of hydrogen-bond donors (Lipinski definition) is 6. The highest BCUT2D eigenvalue weighted by molar-refractivity contribution is 5.87. The molecule has 0 heterocycles. The van der Waals surface area contributed by atoms with Crippen molar-refractivity contribution in [2.24, 2.45) is 17.8 Å². The molecule has 15 nitrogen and oxygen atoms in total. The predicted molar refractivity (Wildman–Crippen MR) is 217 cm³/mol. The number of rotatable bonds is 40. The number of carbonyl (C=O) groups excluding carboxylic acids is 5. The molecule has 0 spiro atoms. The summed E-state index contributed by atoms with van der Waals surface area (Å²) in [6, 6.07) is -1.46. The number of ketones is 3. The Hall–Kier alpha value is -4.17. The Morgan fingerprint density at radius 1 is 0.448 bits per heavy atom. The lowest BCUT2D eigenvalue weighted by atomic mass is 9.94. The second-order valence-corrected chi connectivity index (χ2v) is 15.8. The van der Waals surface area contributed by atoms with Crippen LogP contribution in [0.15, 0.2) is 0 Å². The van der Waals surface area contributed by atoms with Crippen LogP contribution in [0.4, 0.5) is 0 Å². The molecule has 0 unspecified atom stereocenters. The third kappa shape index (κ3) is 30.9. The number of aliphatic carboxylic acids is 4. The van der Waals surface area contributed by atoms with E-state index in [1.165, 1.54) is 39.0 Å². The first-order valence-corrected chi connectivity index (χ1v) is 21.5. The van der Waals surface area contributed by atoms with Gasteiger partial charge < -0.3 is 31.1 Å². The number of hydrogen-bond acceptors (Lipinski definition) is 9. The molecule has 0 rings (SSSR count). The molecule has 6 N–H and O–H groups in total. The van der Waals surface area contributed by atoms with Gasteiger partial charge in [0.25, 0.3) is 0 Å². The summed E-state index contributed by atoms with van der Waals surface area (Å²) in [6.45, 7) is 3.75. The molecule has 15 heteroatoms. The van der Waals surface area contributed by atoms with Crippen LogP contribution < -0.4 is 10.6 Å². The number of Topliss-reactive ketones (excluding diaryl/α,β-unsaturated/α-hetero) is 3. The van der Waals surface area contributed by atoms with Crippen LogP contribution >= 0.6 is 0 Å². The summed E-state index contributed by atoms with van der Waals surface area (Å²) in [6.07, 6.45) is 15.3. The highest BCUT2D eigenvalue weighted by Crippen LogP contribution is 2.19. The molecule has 0 aromatic rings. The number of carboxylic acids is 4. The fraction of sp³-hybridized carbons (Fsp3) is 0.791. The molecule has 0 aliphatic carbocycles. The molecule has 0 radical (unpaired) electrons. The highest BCUT2D eigenvalue weighted by Gasteiger charge is 2.27. The maximum Gasteiger partial charge on any atom is 0.326 e. The Balaban J connectivity index is 4.35. The fourth-order valence-electron chi connectivity index (χ4n) is 6.63. The number of carboxylic acid groups (broad SMARTS) is 4. The van der Waals surface area contributed by atoms with Crippen LogP contribution in [0.25, 0.3) is 0 Å². The number of nitrogens with one attached hydrogen (secondary N) is 2. The first kappa shape index (κ1) is 53.8. The Bertz CT molecular complexity index is 1280. The van der Waals surface area contributed by atoms with E-state index in [9.17, 15) is 58.5 Å². The zero-order valence-electron chi connectivity index (χ0n) is 35.1. The first-order valence-electron chi connectivity index (χ1n) is 21.5. The topological polar surface area (TPSA) is 259 Å². The Labute approximate surface area is 344 Å². The summed E-state index contributed by atoms with van der Waals surface area (Å²) in [5.74, 6) is -8.68. The van der Waals surface area contributed by atoms with Gasteiger partial charge in [0.05, 0.1) is 11.8 Å². The van der Waals surface area contributed by atoms with Crippen molar-refractivity contribution in [3.8, 4) is 0 Å². The van der Waals surface area contributed by atoms with Gasteiger partial charge in [0, 0.05) is 57.4 Å². The monoisotopic (exact) mass is 825 g/mol. The molecule has 0 bridgehead atoms. The van der Waals surface area contributed by atoms with Crippen molar-refractivity contribution in [2.75, 3.05) is 6.54 Å². The molecule has 0 saturated carbocycles. The van der Waals surface area contributed by atoms with Gasteiger partial charge in [0.15, 0.2) is 0 Å². The van der Waals surface area contributed by atoms with E-state index >= 15 is 0 Å². The van der Waals surface area contributed by atoms with Gasteiger partial charge in [0.2, 0.25) is 11.8 Å². The molecule has 0 fully saturated rings. The van der Waals surface area contributed by atoms with Gasteiger partial charge >= 0.3 is 23.9 Å². The quantitative estimate of drug-likeness (QED) is 0.0339. The maximum atomic E-state index is 12.6. The van der Waals surface area contributed by atoms with Gasteiger partial charge in [-0.2, -0.15) is 0 Å². The van der Waals surface area contributed by atoms with Crippen molar-refractivity contribution in [1.29, 1.82) is 0 Å². The molecule has 0 aliphatic rings. The van der Waals surface area contributed by atoms with Gasteiger partial charge in [-0.05, 0) is 51.9 Å². The van der Waals surface area contributed by atoms with Crippen molar-refractivity contribution in [1.82, 2.24) is 10.6 Å². The van der Waals surface area contributed by atoms with Crippen LogP contribution in [-0.2, 0) is 43.2 Å². The molecule has 2 amide bonds. The van der Waals surface area contributed by atoms with Crippen LogP contribution in [0.3, 0.4) is 0 Å². The standard InChI is InChI=1S/C43H72N2O13/c1-31(32(2)46)19-17-18-28-44-38(49)26-22-33(41(53)54)30-36(48)24-25-37(43(57)58)45-39(50)27-23-34(42(55)56)29-35(47)20-15-13-11-9-7-5-3-4-6-8-10-12-14-16-21-40(51)52/h31,33-34,37H,3-30H2,1-2H3,(H,44,49)(H,45,50)(H,51,52)(H,53,54)(H,55,56)(H,57,58)/t31-,33+,34+,37-/m0/s1. The Morgan fingerprint density at radius 2 is 0.879 bits per heavy atom. The second kappa shape index (κ2) is 33.8. The van der Waals surface area contributed by atoms with Crippen LogP contribution in [-0.4, -0.2) is 86.1 Å². The third-order valence-electron chi connectivity index (χ3n) is 10.6.